The lowest BCUT2D eigenvalue weighted by atomic mass is 10.2. The number of fused-ring (bicyclic) bond motifs is 1. The smallest absolute Gasteiger partial charge is 0.422 e. The van der Waals surface area contributed by atoms with Crippen LogP contribution in [-0.4, -0.2) is 41.1 Å². The van der Waals surface area contributed by atoms with E-state index in [1.54, 1.807) is 24.4 Å². The summed E-state index contributed by atoms with van der Waals surface area (Å²) in [6, 6.07) is 7.91. The highest BCUT2D eigenvalue weighted by Crippen LogP contribution is 2.29. The topological polar surface area (TPSA) is 64.9 Å². The molecule has 160 valence electrons. The lowest BCUT2D eigenvalue weighted by Crippen LogP contribution is -2.20. The van der Waals surface area contributed by atoms with Gasteiger partial charge in [-0.2, -0.15) is 31.4 Å². The van der Waals surface area contributed by atoms with Gasteiger partial charge in [-0.15, -0.1) is 0 Å². The Morgan fingerprint density at radius 1 is 0.967 bits per heavy atom. The number of nitrogens with zero attached hydrogens (tertiary/aromatic N) is 2. The Balaban J connectivity index is 1.84. The minimum absolute atomic E-state index is 0.118. The van der Waals surface area contributed by atoms with Gasteiger partial charge in [0.1, 0.15) is 11.5 Å². The van der Waals surface area contributed by atoms with Gasteiger partial charge in [0.25, 0.3) is 5.91 Å². The van der Waals surface area contributed by atoms with E-state index in [2.05, 4.69) is 19.9 Å². The molecule has 0 aliphatic heterocycles. The molecule has 2 aromatic heterocycles. The molecule has 6 nitrogen and oxygen atoms in total. The van der Waals surface area contributed by atoms with Crippen LogP contribution in [0.5, 0.6) is 11.5 Å². The number of halogens is 6. The normalized spacial score (nSPS) is 12.1. The first-order valence-corrected chi connectivity index (χ1v) is 8.28. The van der Waals surface area contributed by atoms with Crippen molar-refractivity contribution in [2.75, 3.05) is 18.5 Å². The first-order valence-electron chi connectivity index (χ1n) is 8.28. The van der Waals surface area contributed by atoms with E-state index in [0.717, 1.165) is 18.2 Å². The first-order chi connectivity index (χ1) is 14.0. The Bertz CT molecular complexity index is 1010. The first kappa shape index (κ1) is 21.3. The van der Waals surface area contributed by atoms with E-state index < -0.39 is 43.0 Å². The molecule has 0 bridgehead atoms. The van der Waals surface area contributed by atoms with Crippen LogP contribution in [0, 0.1) is 0 Å². The van der Waals surface area contributed by atoms with E-state index in [0.29, 0.717) is 5.52 Å². The molecule has 12 heteroatoms. The lowest BCUT2D eigenvalue weighted by molar-refractivity contribution is -0.153. The molecule has 0 radical (unpaired) electrons. The quantitative estimate of drug-likeness (QED) is 0.583. The van der Waals surface area contributed by atoms with E-state index in [1.165, 1.54) is 10.7 Å². The Morgan fingerprint density at radius 3 is 2.13 bits per heavy atom. The third kappa shape index (κ3) is 5.78. The second-order valence-corrected chi connectivity index (χ2v) is 6.04. The summed E-state index contributed by atoms with van der Waals surface area (Å²) in [5.74, 6) is -1.53. The fourth-order valence-corrected chi connectivity index (χ4v) is 2.45. The third-order valence-electron chi connectivity index (χ3n) is 3.61. The number of aromatic nitrogens is 2. The van der Waals surface area contributed by atoms with E-state index in [9.17, 15) is 31.1 Å². The van der Waals surface area contributed by atoms with Crippen LogP contribution < -0.4 is 14.8 Å². The number of rotatable bonds is 6. The molecule has 0 spiro atoms. The summed E-state index contributed by atoms with van der Waals surface area (Å²) in [6.45, 7) is -3.34. The predicted molar refractivity (Wildman–Crippen MR) is 92.7 cm³/mol. The number of alkyl halides is 6. The molecule has 0 fully saturated rings. The van der Waals surface area contributed by atoms with Crippen molar-refractivity contribution in [1.82, 2.24) is 9.61 Å². The molecule has 3 rings (SSSR count). The second-order valence-electron chi connectivity index (χ2n) is 6.04. The Hall–Kier alpha value is -3.44. The maximum atomic E-state index is 12.5. The average Bonchev–Trinajstić information content (AvgIpc) is 3.08. The van der Waals surface area contributed by atoms with Gasteiger partial charge in [-0.05, 0) is 12.1 Å². The molecule has 0 aliphatic carbocycles. The molecular formula is C18H13F6N3O3. The number of pyridine rings is 1. The number of hydrogen-bond acceptors (Lipinski definition) is 4. The molecule has 0 atom stereocenters. The van der Waals surface area contributed by atoms with Gasteiger partial charge >= 0.3 is 12.4 Å². The van der Waals surface area contributed by atoms with Crippen LogP contribution >= 0.6 is 0 Å². The molecule has 0 aliphatic rings. The van der Waals surface area contributed by atoms with Crippen molar-refractivity contribution in [2.45, 2.75) is 12.4 Å². The van der Waals surface area contributed by atoms with E-state index in [-0.39, 0.29) is 11.3 Å². The van der Waals surface area contributed by atoms with Crippen molar-refractivity contribution < 1.29 is 40.6 Å². The van der Waals surface area contributed by atoms with Crippen LogP contribution in [0.25, 0.3) is 5.52 Å². The van der Waals surface area contributed by atoms with Crippen molar-refractivity contribution in [2.24, 2.45) is 0 Å². The largest absolute Gasteiger partial charge is 0.484 e. The number of carbonyl (C=O) groups excluding carboxylic acids is 1. The van der Waals surface area contributed by atoms with Crippen molar-refractivity contribution in [3.8, 4) is 11.5 Å². The fraction of sp³-hybridized carbons (Fsp3) is 0.222. The average molecular weight is 433 g/mol. The van der Waals surface area contributed by atoms with Crippen LogP contribution in [0.15, 0.2) is 48.8 Å². The summed E-state index contributed by atoms with van der Waals surface area (Å²) in [6.07, 6.45) is -6.46. The summed E-state index contributed by atoms with van der Waals surface area (Å²) < 4.78 is 85.0. The standard InChI is InChI=1S/C18H13F6N3O3/c19-17(20,21)9-29-12-5-11(6-13(7-12)30-10-18(22,23)24)26-16(28)14-8-25-27-4-2-1-3-15(14)27/h1-8H,9-10H2,(H,26,28). The number of nitrogens with one attached hydrogen (secondary N) is 1. The molecule has 0 saturated carbocycles. The van der Waals surface area contributed by atoms with Crippen LogP contribution in [0.2, 0.25) is 0 Å². The second kappa shape index (κ2) is 8.13. The van der Waals surface area contributed by atoms with Crippen LogP contribution in [0.1, 0.15) is 10.4 Å². The van der Waals surface area contributed by atoms with Crippen molar-refractivity contribution in [3.05, 3.63) is 54.4 Å². The highest BCUT2D eigenvalue weighted by molar-refractivity contribution is 6.08. The van der Waals surface area contributed by atoms with Crippen molar-refractivity contribution in [1.29, 1.82) is 0 Å². The molecule has 1 amide bonds. The monoisotopic (exact) mass is 433 g/mol. The zero-order valence-electron chi connectivity index (χ0n) is 14.9. The van der Waals surface area contributed by atoms with Crippen LogP contribution in [0.4, 0.5) is 32.0 Å². The fourth-order valence-electron chi connectivity index (χ4n) is 2.45. The molecule has 0 unspecified atom stereocenters. The Morgan fingerprint density at radius 2 is 1.57 bits per heavy atom. The lowest BCUT2D eigenvalue weighted by Gasteiger charge is -2.14. The van der Waals surface area contributed by atoms with Crippen LogP contribution in [-0.2, 0) is 0 Å². The van der Waals surface area contributed by atoms with Gasteiger partial charge in [0.05, 0.1) is 17.3 Å². The molecular weight excluding hydrogens is 420 g/mol. The number of benzene rings is 1. The van der Waals surface area contributed by atoms with Crippen LogP contribution in [0.3, 0.4) is 0 Å². The summed E-state index contributed by atoms with van der Waals surface area (Å²) in [7, 11) is 0. The summed E-state index contributed by atoms with van der Waals surface area (Å²) in [5.41, 5.74) is 0.482. The maximum absolute atomic E-state index is 12.5. The molecule has 0 saturated heterocycles. The maximum Gasteiger partial charge on any atom is 0.422 e. The van der Waals surface area contributed by atoms with E-state index in [4.69, 9.17) is 0 Å². The molecule has 2 heterocycles. The molecule has 1 N–H and O–H groups in total. The molecule has 30 heavy (non-hydrogen) atoms. The van der Waals surface area contributed by atoms with Gasteiger partial charge in [0, 0.05) is 30.1 Å². The van der Waals surface area contributed by atoms with Gasteiger partial charge in [-0.25, -0.2) is 4.52 Å². The number of ether oxygens (including phenoxy) is 2. The summed E-state index contributed by atoms with van der Waals surface area (Å²) in [5, 5.41) is 6.38. The molecule has 1 aromatic carbocycles. The van der Waals surface area contributed by atoms with Gasteiger partial charge in [-0.1, -0.05) is 6.07 Å². The SMILES string of the molecule is O=C(Nc1cc(OCC(F)(F)F)cc(OCC(F)(F)F)c1)c1cnn2ccccc12. The highest BCUT2D eigenvalue weighted by Gasteiger charge is 2.30. The summed E-state index contributed by atoms with van der Waals surface area (Å²) in [4.78, 5) is 12.5. The highest BCUT2D eigenvalue weighted by atomic mass is 19.4. The van der Waals surface area contributed by atoms with Gasteiger partial charge < -0.3 is 14.8 Å². The van der Waals surface area contributed by atoms with Crippen molar-refractivity contribution in [3.63, 3.8) is 0 Å². The predicted octanol–water partition coefficient (Wildman–Crippen LogP) is 4.47. The van der Waals surface area contributed by atoms with Gasteiger partial charge in [0.2, 0.25) is 0 Å². The van der Waals surface area contributed by atoms with Crippen molar-refractivity contribution >= 4 is 17.1 Å². The minimum Gasteiger partial charge on any atom is -0.484 e. The summed E-state index contributed by atoms with van der Waals surface area (Å²) >= 11 is 0. The Kier molecular flexibility index (Phi) is 5.76. The number of hydrogen-bond donors (Lipinski definition) is 1. The third-order valence-corrected chi connectivity index (χ3v) is 3.61. The van der Waals surface area contributed by atoms with E-state index in [1.807, 2.05) is 0 Å². The zero-order valence-corrected chi connectivity index (χ0v) is 14.9. The Labute approximate surface area is 165 Å². The van der Waals surface area contributed by atoms with E-state index >= 15 is 0 Å². The van der Waals surface area contributed by atoms with Gasteiger partial charge in [0.15, 0.2) is 13.2 Å². The number of anilines is 1. The van der Waals surface area contributed by atoms with Gasteiger partial charge in [-0.3, -0.25) is 4.79 Å². The number of amides is 1. The molecule has 3 aromatic rings. The number of carbonyl (C=O) groups is 1. The minimum atomic E-state index is -4.66. The zero-order chi connectivity index (χ0) is 21.9.